The molecule has 0 saturated heterocycles. The predicted octanol–water partition coefficient (Wildman–Crippen LogP) is 3.17. The predicted molar refractivity (Wildman–Crippen MR) is 66.8 cm³/mol. The number of benzene rings is 1. The Morgan fingerprint density at radius 2 is 2.29 bits per heavy atom. The number of carbonyl (C=O) groups excluding carboxylic acids is 1. The highest BCUT2D eigenvalue weighted by molar-refractivity contribution is 9.10. The first-order valence-corrected chi connectivity index (χ1v) is 6.40. The first kappa shape index (κ1) is 12.3. The van der Waals surface area contributed by atoms with Crippen LogP contribution < -0.4 is 0 Å². The van der Waals surface area contributed by atoms with Crippen LogP contribution in [0.2, 0.25) is 0 Å². The van der Waals surface area contributed by atoms with Crippen LogP contribution >= 0.6 is 27.5 Å². The molecule has 17 heavy (non-hydrogen) atoms. The lowest BCUT2D eigenvalue weighted by molar-refractivity contribution is 0.0995. The van der Waals surface area contributed by atoms with Gasteiger partial charge in [0.2, 0.25) is 0 Å². The smallest absolute Gasteiger partial charge is 0.180 e. The average Bonchev–Trinajstić information content (AvgIpc) is 2.70. The topological polar surface area (TPSA) is 42.9 Å². The van der Waals surface area contributed by atoms with E-state index in [9.17, 15) is 9.18 Å². The van der Waals surface area contributed by atoms with E-state index in [-0.39, 0.29) is 18.0 Å². The monoisotopic (exact) mass is 314 g/mol. The molecule has 1 aromatic heterocycles. The van der Waals surface area contributed by atoms with Gasteiger partial charge in [0.25, 0.3) is 0 Å². The number of hydrogen-bond acceptors (Lipinski definition) is 4. The van der Waals surface area contributed by atoms with Crippen LogP contribution in [0.1, 0.15) is 20.9 Å². The minimum atomic E-state index is -0.378. The van der Waals surface area contributed by atoms with Crippen molar-refractivity contribution in [1.82, 2.24) is 9.59 Å². The number of rotatable bonds is 3. The van der Waals surface area contributed by atoms with E-state index in [4.69, 9.17) is 0 Å². The molecule has 0 atom stereocenters. The maximum Gasteiger partial charge on any atom is 0.180 e. The van der Waals surface area contributed by atoms with Crippen LogP contribution in [0, 0.1) is 12.7 Å². The second kappa shape index (κ2) is 5.01. The summed E-state index contributed by atoms with van der Waals surface area (Å²) in [7, 11) is 0. The van der Waals surface area contributed by atoms with Crippen molar-refractivity contribution in [3.05, 3.63) is 44.6 Å². The number of hydrogen-bond donors (Lipinski definition) is 0. The zero-order valence-corrected chi connectivity index (χ0v) is 11.3. The molecule has 0 N–H and O–H groups in total. The van der Waals surface area contributed by atoms with E-state index in [2.05, 4.69) is 25.5 Å². The van der Waals surface area contributed by atoms with Crippen LogP contribution in [0.25, 0.3) is 0 Å². The Bertz CT molecular complexity index is 570. The number of carbonyl (C=O) groups is 1. The summed E-state index contributed by atoms with van der Waals surface area (Å²) in [5.41, 5.74) is 0.965. The van der Waals surface area contributed by atoms with Gasteiger partial charge in [0.05, 0.1) is 5.69 Å². The summed E-state index contributed by atoms with van der Waals surface area (Å²) in [6, 6.07) is 4.55. The molecule has 0 spiro atoms. The standard InChI is InChI=1S/C11H8BrFN2OS/c1-6-11(17-15-14-6)10(16)5-7-4-8(12)2-3-9(7)13/h2-4H,5H2,1H3. The van der Waals surface area contributed by atoms with Crippen LogP contribution in [0.4, 0.5) is 4.39 Å². The molecule has 1 aromatic carbocycles. The Kier molecular flexibility index (Phi) is 3.63. The molecule has 3 nitrogen and oxygen atoms in total. The van der Waals surface area contributed by atoms with E-state index in [1.165, 1.54) is 6.07 Å². The quantitative estimate of drug-likeness (QED) is 0.817. The maximum absolute atomic E-state index is 13.5. The molecule has 2 aromatic rings. The van der Waals surface area contributed by atoms with Crippen molar-refractivity contribution in [2.24, 2.45) is 0 Å². The van der Waals surface area contributed by atoms with Crippen LogP contribution in [-0.4, -0.2) is 15.4 Å². The highest BCUT2D eigenvalue weighted by Gasteiger charge is 2.15. The van der Waals surface area contributed by atoms with E-state index < -0.39 is 0 Å². The molecule has 0 fully saturated rings. The third-order valence-electron chi connectivity index (χ3n) is 2.26. The zero-order chi connectivity index (χ0) is 12.4. The minimum absolute atomic E-state index is 0.0238. The van der Waals surface area contributed by atoms with Gasteiger partial charge in [-0.1, -0.05) is 20.4 Å². The van der Waals surface area contributed by atoms with Gasteiger partial charge >= 0.3 is 0 Å². The Labute approximate surface area is 110 Å². The van der Waals surface area contributed by atoms with Crippen molar-refractivity contribution in [3.8, 4) is 0 Å². The second-order valence-corrected chi connectivity index (χ2v) is 5.19. The minimum Gasteiger partial charge on any atom is -0.293 e. The van der Waals surface area contributed by atoms with E-state index in [1.807, 2.05) is 0 Å². The highest BCUT2D eigenvalue weighted by Crippen LogP contribution is 2.19. The average molecular weight is 315 g/mol. The van der Waals surface area contributed by atoms with E-state index >= 15 is 0 Å². The lowest BCUT2D eigenvalue weighted by Crippen LogP contribution is -2.05. The summed E-state index contributed by atoms with van der Waals surface area (Å²) >= 11 is 4.29. The second-order valence-electron chi connectivity index (χ2n) is 3.52. The van der Waals surface area contributed by atoms with Crippen molar-refractivity contribution in [2.75, 3.05) is 0 Å². The molecule has 0 bridgehead atoms. The Hall–Kier alpha value is -1.14. The molecule has 0 saturated carbocycles. The summed E-state index contributed by atoms with van der Waals surface area (Å²) in [6.45, 7) is 1.72. The van der Waals surface area contributed by atoms with Crippen LogP contribution in [0.3, 0.4) is 0 Å². The molecule has 2 rings (SSSR count). The lowest BCUT2D eigenvalue weighted by Gasteiger charge is -2.02. The van der Waals surface area contributed by atoms with Gasteiger partial charge in [-0.2, -0.15) is 0 Å². The Morgan fingerprint density at radius 1 is 1.53 bits per heavy atom. The van der Waals surface area contributed by atoms with Crippen molar-refractivity contribution < 1.29 is 9.18 Å². The summed E-state index contributed by atoms with van der Waals surface area (Å²) in [5.74, 6) is -0.536. The van der Waals surface area contributed by atoms with Crippen LogP contribution in [-0.2, 0) is 6.42 Å². The molecule has 0 aliphatic rings. The van der Waals surface area contributed by atoms with Gasteiger partial charge in [-0.15, -0.1) is 5.10 Å². The lowest BCUT2D eigenvalue weighted by atomic mass is 10.1. The van der Waals surface area contributed by atoms with E-state index in [1.54, 1.807) is 19.1 Å². The summed E-state index contributed by atoms with van der Waals surface area (Å²) in [5, 5.41) is 3.76. The molecular formula is C11H8BrFN2OS. The number of nitrogens with zero attached hydrogens (tertiary/aromatic N) is 2. The van der Waals surface area contributed by atoms with Gasteiger partial charge < -0.3 is 0 Å². The first-order chi connectivity index (χ1) is 8.08. The van der Waals surface area contributed by atoms with Crippen LogP contribution in [0.15, 0.2) is 22.7 Å². The Balaban J connectivity index is 2.24. The number of Topliss-reactive ketones (excluding diaryl/α,β-unsaturated/α-hetero) is 1. The summed E-state index contributed by atoms with van der Waals surface area (Å²) in [4.78, 5) is 12.4. The molecule has 0 amide bonds. The highest BCUT2D eigenvalue weighted by atomic mass is 79.9. The fraction of sp³-hybridized carbons (Fsp3) is 0.182. The maximum atomic E-state index is 13.5. The first-order valence-electron chi connectivity index (χ1n) is 4.84. The molecule has 0 unspecified atom stereocenters. The fourth-order valence-corrected chi connectivity index (χ4v) is 2.42. The largest absolute Gasteiger partial charge is 0.293 e. The third kappa shape index (κ3) is 2.76. The van der Waals surface area contributed by atoms with Gasteiger partial charge in [-0.05, 0) is 42.2 Å². The molecule has 0 aliphatic heterocycles. The molecule has 0 aliphatic carbocycles. The van der Waals surface area contributed by atoms with Crippen molar-refractivity contribution in [2.45, 2.75) is 13.3 Å². The SMILES string of the molecule is Cc1nnsc1C(=O)Cc1cc(Br)ccc1F. The normalized spacial score (nSPS) is 10.5. The summed E-state index contributed by atoms with van der Waals surface area (Å²) < 4.78 is 17.9. The van der Waals surface area contributed by atoms with Gasteiger partial charge in [-0.3, -0.25) is 4.79 Å². The van der Waals surface area contributed by atoms with E-state index in [0.717, 1.165) is 16.0 Å². The zero-order valence-electron chi connectivity index (χ0n) is 8.91. The number of halogens is 2. The fourth-order valence-electron chi connectivity index (χ4n) is 1.42. The summed E-state index contributed by atoms with van der Waals surface area (Å²) in [6.07, 6.45) is 0.0238. The Morgan fingerprint density at radius 3 is 2.94 bits per heavy atom. The molecule has 88 valence electrons. The van der Waals surface area contributed by atoms with Gasteiger partial charge in [0.1, 0.15) is 10.7 Å². The number of aryl methyl sites for hydroxylation is 1. The van der Waals surface area contributed by atoms with Crippen molar-refractivity contribution in [1.29, 1.82) is 0 Å². The van der Waals surface area contributed by atoms with Gasteiger partial charge in [-0.25, -0.2) is 4.39 Å². The van der Waals surface area contributed by atoms with Crippen molar-refractivity contribution in [3.63, 3.8) is 0 Å². The van der Waals surface area contributed by atoms with Crippen molar-refractivity contribution >= 4 is 33.2 Å². The van der Waals surface area contributed by atoms with E-state index in [0.29, 0.717) is 16.1 Å². The van der Waals surface area contributed by atoms with Gasteiger partial charge in [0, 0.05) is 10.9 Å². The van der Waals surface area contributed by atoms with Crippen LogP contribution in [0.5, 0.6) is 0 Å². The third-order valence-corrected chi connectivity index (χ3v) is 3.63. The molecule has 0 radical (unpaired) electrons. The molecule has 6 heteroatoms. The molecule has 1 heterocycles. The number of aromatic nitrogens is 2. The number of ketones is 1. The molecular weight excluding hydrogens is 307 g/mol. The van der Waals surface area contributed by atoms with Gasteiger partial charge in [0.15, 0.2) is 5.78 Å².